The zero-order chi connectivity index (χ0) is 20.9. The van der Waals surface area contributed by atoms with E-state index in [0.29, 0.717) is 12.5 Å². The summed E-state index contributed by atoms with van der Waals surface area (Å²) in [6.45, 7) is 4.79. The van der Waals surface area contributed by atoms with Gasteiger partial charge in [-0.05, 0) is 56.0 Å². The summed E-state index contributed by atoms with van der Waals surface area (Å²) in [5.74, 6) is 0.563. The molecule has 3 aliphatic rings. The number of nitrogens with one attached hydrogen (secondary N) is 1. The summed E-state index contributed by atoms with van der Waals surface area (Å²) in [5.41, 5.74) is 0.979. The van der Waals surface area contributed by atoms with Crippen molar-refractivity contribution in [3.63, 3.8) is 0 Å². The van der Waals surface area contributed by atoms with E-state index >= 15 is 0 Å². The predicted molar refractivity (Wildman–Crippen MR) is 121 cm³/mol. The number of carbonyl (C=O) groups excluding carboxylic acids is 2. The second-order valence-electron chi connectivity index (χ2n) is 9.87. The number of aromatic nitrogens is 1. The molecule has 1 aliphatic heterocycles. The Morgan fingerprint density at radius 3 is 2.63 bits per heavy atom. The number of hydrogen-bond acceptors (Lipinski definition) is 3. The van der Waals surface area contributed by atoms with Crippen LogP contribution in [0.2, 0.25) is 0 Å². The number of thiophene rings is 1. The van der Waals surface area contributed by atoms with Crippen molar-refractivity contribution in [1.82, 2.24) is 14.8 Å². The summed E-state index contributed by atoms with van der Waals surface area (Å²) in [6, 6.07) is 4.49. The molecule has 0 bridgehead atoms. The molecule has 0 unspecified atom stereocenters. The van der Waals surface area contributed by atoms with Gasteiger partial charge in [0.2, 0.25) is 5.91 Å². The number of nitrogens with zero attached hydrogens (tertiary/aromatic N) is 2. The number of amides is 2. The Kier molecular flexibility index (Phi) is 5.16. The van der Waals surface area contributed by atoms with Crippen LogP contribution in [0, 0.1) is 5.92 Å². The minimum absolute atomic E-state index is 0.0305. The molecular formula is C24H33N3O2S. The first kappa shape index (κ1) is 20.1. The molecule has 2 aliphatic carbocycles. The highest BCUT2D eigenvalue weighted by atomic mass is 32.1. The standard InChI is InChI=1S/C24H33N3O2S/c1-16-8-6-7-11-18(16)25-23(29)24(2)15-26-19-12-13-30-21(19)14-20(26)22(28)27(24)17-9-4-3-5-10-17/h12-14,16-18H,3-11,15H2,1-2H3,(H,25,29)/t16-,18-,24+/m1/s1. The van der Waals surface area contributed by atoms with Crippen molar-refractivity contribution in [1.29, 1.82) is 0 Å². The van der Waals surface area contributed by atoms with Gasteiger partial charge in [0.25, 0.3) is 5.91 Å². The molecule has 2 saturated carbocycles. The van der Waals surface area contributed by atoms with Crippen molar-refractivity contribution in [2.24, 2.45) is 5.92 Å². The van der Waals surface area contributed by atoms with Crippen LogP contribution < -0.4 is 5.32 Å². The highest BCUT2D eigenvalue weighted by Gasteiger charge is 2.51. The van der Waals surface area contributed by atoms with Crippen molar-refractivity contribution >= 4 is 33.4 Å². The lowest BCUT2D eigenvalue weighted by Gasteiger charge is -2.49. The van der Waals surface area contributed by atoms with Crippen molar-refractivity contribution in [3.05, 3.63) is 23.2 Å². The van der Waals surface area contributed by atoms with E-state index in [1.54, 1.807) is 11.3 Å². The highest BCUT2D eigenvalue weighted by molar-refractivity contribution is 7.17. The number of hydrogen-bond donors (Lipinski definition) is 1. The average Bonchev–Trinajstić information content (AvgIpc) is 3.33. The van der Waals surface area contributed by atoms with Crippen LogP contribution in [0.5, 0.6) is 0 Å². The largest absolute Gasteiger partial charge is 0.351 e. The zero-order valence-corrected chi connectivity index (χ0v) is 19.0. The smallest absolute Gasteiger partial charge is 0.271 e. The lowest BCUT2D eigenvalue weighted by atomic mass is 9.83. The zero-order valence-electron chi connectivity index (χ0n) is 18.2. The fraction of sp³-hybridized carbons (Fsp3) is 0.667. The Hall–Kier alpha value is -1.82. The molecule has 0 saturated heterocycles. The van der Waals surface area contributed by atoms with Crippen molar-refractivity contribution in [3.8, 4) is 0 Å². The van der Waals surface area contributed by atoms with Crippen LogP contribution >= 0.6 is 11.3 Å². The summed E-state index contributed by atoms with van der Waals surface area (Å²) in [4.78, 5) is 29.6. The molecule has 3 atom stereocenters. The third-order valence-corrected chi connectivity index (χ3v) is 8.67. The van der Waals surface area contributed by atoms with E-state index in [1.807, 2.05) is 17.9 Å². The van der Waals surface area contributed by atoms with Gasteiger partial charge in [0.15, 0.2) is 0 Å². The van der Waals surface area contributed by atoms with Crippen molar-refractivity contribution in [2.75, 3.05) is 0 Å². The molecule has 5 nitrogen and oxygen atoms in total. The van der Waals surface area contributed by atoms with Gasteiger partial charge in [-0.15, -0.1) is 11.3 Å². The summed E-state index contributed by atoms with van der Waals surface area (Å²) in [6.07, 6.45) is 10.2. The number of fused-ring (bicyclic) bond motifs is 3. The van der Waals surface area contributed by atoms with E-state index in [2.05, 4.69) is 28.3 Å². The first-order valence-electron chi connectivity index (χ1n) is 11.7. The van der Waals surface area contributed by atoms with Gasteiger partial charge in [0.05, 0.1) is 16.8 Å². The Morgan fingerprint density at radius 2 is 1.87 bits per heavy atom. The number of carbonyl (C=O) groups is 2. The minimum Gasteiger partial charge on any atom is -0.351 e. The molecule has 3 heterocycles. The summed E-state index contributed by atoms with van der Waals surface area (Å²) >= 11 is 1.66. The fourth-order valence-corrected chi connectivity index (χ4v) is 6.82. The van der Waals surface area contributed by atoms with Crippen LogP contribution in [0.1, 0.15) is 82.1 Å². The fourth-order valence-electron chi connectivity index (χ4n) is 6.00. The van der Waals surface area contributed by atoms with Crippen LogP contribution in [0.15, 0.2) is 17.5 Å². The van der Waals surface area contributed by atoms with Crippen molar-refractivity contribution < 1.29 is 9.59 Å². The SMILES string of the molecule is C[C@@H]1CCCC[C@H]1NC(=O)[C@]1(C)Cn2c(cc3sccc32)C(=O)N1C1CCCCC1. The van der Waals surface area contributed by atoms with E-state index in [4.69, 9.17) is 0 Å². The maximum atomic E-state index is 13.8. The average molecular weight is 428 g/mol. The molecule has 0 spiro atoms. The van der Waals surface area contributed by atoms with Crippen LogP contribution in [-0.4, -0.2) is 38.9 Å². The first-order valence-corrected chi connectivity index (χ1v) is 12.6. The van der Waals surface area contributed by atoms with Gasteiger partial charge < -0.3 is 14.8 Å². The molecule has 0 aromatic carbocycles. The summed E-state index contributed by atoms with van der Waals surface area (Å²) < 4.78 is 3.23. The number of rotatable bonds is 3. The van der Waals surface area contributed by atoms with Crippen LogP contribution in [0.4, 0.5) is 0 Å². The molecule has 30 heavy (non-hydrogen) atoms. The molecule has 2 aromatic heterocycles. The van der Waals surface area contributed by atoms with Gasteiger partial charge in [0, 0.05) is 12.1 Å². The Bertz CT molecular complexity index is 957. The van der Waals surface area contributed by atoms with Crippen LogP contribution in [-0.2, 0) is 11.3 Å². The van der Waals surface area contributed by atoms with Gasteiger partial charge >= 0.3 is 0 Å². The van der Waals surface area contributed by atoms with E-state index in [1.165, 1.54) is 25.7 Å². The molecule has 2 amide bonds. The van der Waals surface area contributed by atoms with E-state index in [9.17, 15) is 9.59 Å². The molecule has 2 fully saturated rings. The second-order valence-corrected chi connectivity index (χ2v) is 10.8. The minimum atomic E-state index is -0.850. The lowest BCUT2D eigenvalue weighted by Crippen LogP contribution is -2.67. The summed E-state index contributed by atoms with van der Waals surface area (Å²) in [7, 11) is 0. The second kappa shape index (κ2) is 7.70. The molecule has 5 rings (SSSR count). The molecule has 6 heteroatoms. The van der Waals surface area contributed by atoms with Gasteiger partial charge in [-0.25, -0.2) is 0 Å². The van der Waals surface area contributed by atoms with E-state index in [-0.39, 0.29) is 23.9 Å². The quantitative estimate of drug-likeness (QED) is 0.754. The van der Waals surface area contributed by atoms with Gasteiger partial charge in [-0.3, -0.25) is 9.59 Å². The molecule has 1 N–H and O–H groups in total. The Morgan fingerprint density at radius 1 is 1.13 bits per heavy atom. The maximum Gasteiger partial charge on any atom is 0.271 e. The Labute approximate surface area is 182 Å². The third-order valence-electron chi connectivity index (χ3n) is 7.82. The monoisotopic (exact) mass is 427 g/mol. The third kappa shape index (κ3) is 3.19. The molecule has 2 aromatic rings. The Balaban J connectivity index is 1.53. The first-order chi connectivity index (χ1) is 14.5. The highest BCUT2D eigenvalue weighted by Crippen LogP contribution is 2.38. The van der Waals surface area contributed by atoms with Gasteiger partial charge in [-0.2, -0.15) is 0 Å². The van der Waals surface area contributed by atoms with E-state index < -0.39 is 5.54 Å². The predicted octanol–water partition coefficient (Wildman–Crippen LogP) is 4.94. The molecule has 162 valence electrons. The molecule has 0 radical (unpaired) electrons. The van der Waals surface area contributed by atoms with Crippen molar-refractivity contribution in [2.45, 2.75) is 95.8 Å². The molecular weight excluding hydrogens is 394 g/mol. The van der Waals surface area contributed by atoms with Crippen LogP contribution in [0.25, 0.3) is 10.2 Å². The van der Waals surface area contributed by atoms with E-state index in [0.717, 1.165) is 48.0 Å². The normalized spacial score (nSPS) is 30.5. The maximum absolute atomic E-state index is 13.8. The van der Waals surface area contributed by atoms with Gasteiger partial charge in [-0.1, -0.05) is 39.0 Å². The van der Waals surface area contributed by atoms with Crippen LogP contribution in [0.3, 0.4) is 0 Å². The topological polar surface area (TPSA) is 54.3 Å². The summed E-state index contributed by atoms with van der Waals surface area (Å²) in [5, 5.41) is 5.46. The lowest BCUT2D eigenvalue weighted by molar-refractivity contribution is -0.136. The van der Waals surface area contributed by atoms with Gasteiger partial charge in [0.1, 0.15) is 11.2 Å².